The van der Waals surface area contributed by atoms with Crippen molar-refractivity contribution < 1.29 is 19.1 Å². The highest BCUT2D eigenvalue weighted by Gasteiger charge is 2.03. The first-order chi connectivity index (χ1) is 11.2. The Balaban J connectivity index is 1.92. The van der Waals surface area contributed by atoms with Gasteiger partial charge in [-0.3, -0.25) is 9.78 Å². The smallest absolute Gasteiger partial charge is 0.343 e. The summed E-state index contributed by atoms with van der Waals surface area (Å²) in [6, 6.07) is 10.2. The number of ether oxygens (including phenoxy) is 2. The van der Waals surface area contributed by atoms with Crippen LogP contribution in [0.4, 0.5) is 0 Å². The molecular weight excluding hydrogens is 298 g/mol. The van der Waals surface area contributed by atoms with Gasteiger partial charge in [0.1, 0.15) is 5.75 Å². The number of carbonyl (C=O) groups excluding carboxylic acids is 2. The van der Waals surface area contributed by atoms with Crippen LogP contribution in [0.5, 0.6) is 5.75 Å². The van der Waals surface area contributed by atoms with Crippen molar-refractivity contribution in [2.45, 2.75) is 0 Å². The lowest BCUT2D eigenvalue weighted by molar-refractivity contribution is -0.142. The number of carbonyl (C=O) groups is 2. The molecule has 0 saturated heterocycles. The van der Waals surface area contributed by atoms with Gasteiger partial charge in [0.25, 0.3) is 5.91 Å². The number of esters is 1. The molecule has 7 nitrogen and oxygen atoms in total. The zero-order valence-corrected chi connectivity index (χ0v) is 12.4. The van der Waals surface area contributed by atoms with E-state index in [-0.39, 0.29) is 12.5 Å². The van der Waals surface area contributed by atoms with Crippen molar-refractivity contribution in [2.75, 3.05) is 13.7 Å². The monoisotopic (exact) mass is 313 g/mol. The zero-order valence-electron chi connectivity index (χ0n) is 12.4. The third kappa shape index (κ3) is 5.24. The molecular formula is C16H15N3O4. The van der Waals surface area contributed by atoms with Crippen molar-refractivity contribution in [3.05, 3.63) is 59.9 Å². The summed E-state index contributed by atoms with van der Waals surface area (Å²) in [5.74, 6) is -0.321. The number of amides is 1. The standard InChI is InChI=1S/C16H15N3O4/c1-22-15(20)11-23-14-6-2-4-12(8-14)9-18-19-16(21)13-5-3-7-17-10-13/h2-10H,11H2,1H3,(H,19,21). The third-order valence-corrected chi connectivity index (χ3v) is 2.75. The summed E-state index contributed by atoms with van der Waals surface area (Å²) >= 11 is 0. The molecule has 0 radical (unpaired) electrons. The van der Waals surface area contributed by atoms with E-state index in [0.717, 1.165) is 0 Å². The summed E-state index contributed by atoms with van der Waals surface area (Å²) in [5.41, 5.74) is 3.53. The zero-order chi connectivity index (χ0) is 16.5. The normalized spacial score (nSPS) is 10.3. The average molecular weight is 313 g/mol. The van der Waals surface area contributed by atoms with E-state index in [0.29, 0.717) is 16.9 Å². The number of hydrazone groups is 1. The van der Waals surface area contributed by atoms with Crippen LogP contribution >= 0.6 is 0 Å². The molecule has 2 aromatic rings. The van der Waals surface area contributed by atoms with Crippen LogP contribution < -0.4 is 10.2 Å². The van der Waals surface area contributed by atoms with Crippen LogP contribution in [0.15, 0.2) is 53.9 Å². The topological polar surface area (TPSA) is 89.9 Å². The molecule has 0 bridgehead atoms. The highest BCUT2D eigenvalue weighted by molar-refractivity contribution is 5.94. The van der Waals surface area contributed by atoms with E-state index in [2.05, 4.69) is 20.2 Å². The largest absolute Gasteiger partial charge is 0.482 e. The van der Waals surface area contributed by atoms with Crippen molar-refractivity contribution in [1.29, 1.82) is 0 Å². The molecule has 118 valence electrons. The number of hydrogen-bond acceptors (Lipinski definition) is 6. The summed E-state index contributed by atoms with van der Waals surface area (Å²) < 4.78 is 9.76. The maximum Gasteiger partial charge on any atom is 0.343 e. The number of benzene rings is 1. The molecule has 0 aliphatic rings. The quantitative estimate of drug-likeness (QED) is 0.494. The Morgan fingerprint density at radius 2 is 2.17 bits per heavy atom. The molecule has 0 aliphatic heterocycles. The van der Waals surface area contributed by atoms with Gasteiger partial charge in [-0.2, -0.15) is 5.10 Å². The first-order valence-electron chi connectivity index (χ1n) is 6.72. The van der Waals surface area contributed by atoms with Gasteiger partial charge in [-0.1, -0.05) is 12.1 Å². The van der Waals surface area contributed by atoms with E-state index in [1.54, 1.807) is 42.6 Å². The van der Waals surface area contributed by atoms with Crippen LogP contribution in [0.1, 0.15) is 15.9 Å². The van der Waals surface area contributed by atoms with Gasteiger partial charge >= 0.3 is 5.97 Å². The Bertz CT molecular complexity index is 701. The number of nitrogens with zero attached hydrogens (tertiary/aromatic N) is 2. The first-order valence-corrected chi connectivity index (χ1v) is 6.72. The minimum absolute atomic E-state index is 0.172. The molecule has 0 saturated carbocycles. The fraction of sp³-hybridized carbons (Fsp3) is 0.125. The minimum Gasteiger partial charge on any atom is -0.482 e. The SMILES string of the molecule is COC(=O)COc1cccc(C=NNC(=O)c2cccnc2)c1. The van der Waals surface area contributed by atoms with Crippen LogP contribution in [-0.2, 0) is 9.53 Å². The summed E-state index contributed by atoms with van der Waals surface area (Å²) in [5, 5.41) is 3.87. The van der Waals surface area contributed by atoms with Crippen LogP contribution in [0.3, 0.4) is 0 Å². The molecule has 2 rings (SSSR count). The van der Waals surface area contributed by atoms with Crippen LogP contribution in [0.25, 0.3) is 0 Å². The van der Waals surface area contributed by atoms with Crippen LogP contribution in [0.2, 0.25) is 0 Å². The second-order valence-corrected chi connectivity index (χ2v) is 4.38. The summed E-state index contributed by atoms with van der Waals surface area (Å²) in [4.78, 5) is 26.7. The highest BCUT2D eigenvalue weighted by Crippen LogP contribution is 2.11. The molecule has 0 fully saturated rings. The van der Waals surface area contributed by atoms with E-state index < -0.39 is 5.97 Å². The summed E-state index contributed by atoms with van der Waals surface area (Å²) in [6.45, 7) is -0.172. The lowest BCUT2D eigenvalue weighted by Crippen LogP contribution is -2.17. The number of aromatic nitrogens is 1. The molecule has 1 amide bonds. The van der Waals surface area contributed by atoms with Gasteiger partial charge < -0.3 is 9.47 Å². The minimum atomic E-state index is -0.465. The maximum atomic E-state index is 11.8. The molecule has 23 heavy (non-hydrogen) atoms. The number of hydrogen-bond donors (Lipinski definition) is 1. The Kier molecular flexibility index (Phi) is 5.81. The lowest BCUT2D eigenvalue weighted by Gasteiger charge is -2.05. The molecule has 1 aromatic carbocycles. The first kappa shape index (κ1) is 16.2. The Labute approximate surface area is 132 Å². The van der Waals surface area contributed by atoms with Gasteiger partial charge in [-0.15, -0.1) is 0 Å². The van der Waals surface area contributed by atoms with E-state index >= 15 is 0 Å². The molecule has 0 spiro atoms. The fourth-order valence-electron chi connectivity index (χ4n) is 1.61. The van der Waals surface area contributed by atoms with Crippen molar-refractivity contribution >= 4 is 18.1 Å². The van der Waals surface area contributed by atoms with Gasteiger partial charge in [0.15, 0.2) is 6.61 Å². The number of pyridine rings is 1. The van der Waals surface area contributed by atoms with E-state index in [1.165, 1.54) is 19.5 Å². The van der Waals surface area contributed by atoms with E-state index in [9.17, 15) is 9.59 Å². The Hall–Kier alpha value is -3.22. The van der Waals surface area contributed by atoms with E-state index in [4.69, 9.17) is 4.74 Å². The summed E-state index contributed by atoms with van der Waals surface area (Å²) in [7, 11) is 1.29. The number of rotatable bonds is 6. The van der Waals surface area contributed by atoms with Gasteiger partial charge in [-0.05, 0) is 29.8 Å². The van der Waals surface area contributed by atoms with Gasteiger partial charge in [0, 0.05) is 12.4 Å². The van der Waals surface area contributed by atoms with Crippen molar-refractivity contribution in [3.63, 3.8) is 0 Å². The number of nitrogens with one attached hydrogen (secondary N) is 1. The van der Waals surface area contributed by atoms with Crippen LogP contribution in [-0.4, -0.2) is 36.8 Å². The van der Waals surface area contributed by atoms with Gasteiger partial charge in [0.2, 0.25) is 0 Å². The Morgan fingerprint density at radius 3 is 2.91 bits per heavy atom. The van der Waals surface area contributed by atoms with Gasteiger partial charge in [-0.25, -0.2) is 10.2 Å². The van der Waals surface area contributed by atoms with Crippen molar-refractivity contribution in [1.82, 2.24) is 10.4 Å². The predicted molar refractivity (Wildman–Crippen MR) is 83.3 cm³/mol. The molecule has 0 atom stereocenters. The molecule has 1 N–H and O–H groups in total. The fourth-order valence-corrected chi connectivity index (χ4v) is 1.61. The van der Waals surface area contributed by atoms with E-state index in [1.807, 2.05) is 0 Å². The summed E-state index contributed by atoms with van der Waals surface area (Å²) in [6.07, 6.45) is 4.51. The molecule has 1 heterocycles. The lowest BCUT2D eigenvalue weighted by atomic mass is 10.2. The molecule has 1 aromatic heterocycles. The van der Waals surface area contributed by atoms with Gasteiger partial charge in [0.05, 0.1) is 18.9 Å². The third-order valence-electron chi connectivity index (χ3n) is 2.75. The highest BCUT2D eigenvalue weighted by atomic mass is 16.6. The van der Waals surface area contributed by atoms with Crippen molar-refractivity contribution in [2.24, 2.45) is 5.10 Å². The molecule has 0 aliphatic carbocycles. The predicted octanol–water partition coefficient (Wildman–Crippen LogP) is 1.40. The number of methoxy groups -OCH3 is 1. The second-order valence-electron chi connectivity index (χ2n) is 4.38. The molecule has 7 heteroatoms. The molecule has 0 unspecified atom stereocenters. The van der Waals surface area contributed by atoms with Crippen LogP contribution in [0, 0.1) is 0 Å². The second kappa shape index (κ2) is 8.28. The van der Waals surface area contributed by atoms with Crippen molar-refractivity contribution in [3.8, 4) is 5.75 Å². The average Bonchev–Trinajstić information content (AvgIpc) is 2.60. The Morgan fingerprint density at radius 1 is 1.30 bits per heavy atom. The maximum absolute atomic E-state index is 11.8.